The zero-order chi connectivity index (χ0) is 14.4. The molecule has 0 atom stereocenters. The molecule has 0 saturated carbocycles. The molecule has 1 aromatic carbocycles. The van der Waals surface area contributed by atoms with Gasteiger partial charge in [0.2, 0.25) is 6.21 Å². The quantitative estimate of drug-likeness (QED) is 0.111. The van der Waals surface area contributed by atoms with E-state index >= 15 is 0 Å². The Balaban J connectivity index is 3.28. The Morgan fingerprint density at radius 2 is 2.21 bits per heavy atom. The zero-order valence-electron chi connectivity index (χ0n) is 10.2. The monoisotopic (exact) mass is 384 g/mol. The van der Waals surface area contributed by atoms with Gasteiger partial charge in [-0.15, -0.1) is 0 Å². The van der Waals surface area contributed by atoms with Gasteiger partial charge in [0.25, 0.3) is 5.69 Å². The fraction of sp³-hybridized carbons (Fsp3) is 0.333. The van der Waals surface area contributed by atoms with Gasteiger partial charge in [-0.25, -0.2) is 0 Å². The molecule has 0 spiro atoms. The summed E-state index contributed by atoms with van der Waals surface area (Å²) in [7, 11) is 0. The Bertz CT molecular complexity index is 509. The molecule has 0 radical (unpaired) electrons. The van der Waals surface area contributed by atoms with Crippen LogP contribution in [0.2, 0.25) is 10.0 Å². The van der Waals surface area contributed by atoms with Crippen molar-refractivity contribution in [1.29, 1.82) is 0 Å². The van der Waals surface area contributed by atoms with Crippen LogP contribution in [0.5, 0.6) is 0 Å². The normalized spacial score (nSPS) is 11.5. The average molecular weight is 386 g/mol. The lowest BCUT2D eigenvalue weighted by Crippen LogP contribution is -2.08. The van der Waals surface area contributed by atoms with E-state index in [1.807, 2.05) is 0 Å². The van der Waals surface area contributed by atoms with Crippen molar-refractivity contribution in [1.82, 2.24) is 0 Å². The van der Waals surface area contributed by atoms with Gasteiger partial charge in [0.15, 0.2) is 5.78 Å². The fourth-order valence-electron chi connectivity index (χ4n) is 1.52. The maximum Gasteiger partial charge on any atom is 0.270 e. The summed E-state index contributed by atoms with van der Waals surface area (Å²) in [5, 5.41) is 1.43. The summed E-state index contributed by atoms with van der Waals surface area (Å²) >= 11 is 19.1. The van der Waals surface area contributed by atoms with Crippen LogP contribution in [0.3, 0.4) is 0 Å². The summed E-state index contributed by atoms with van der Waals surface area (Å²) in [6.07, 6.45) is 3.49. The average Bonchev–Trinajstić information content (AvgIpc) is 2.38. The van der Waals surface area contributed by atoms with E-state index in [0.29, 0.717) is 16.3 Å². The molecule has 0 aliphatic carbocycles. The third-order valence-electron chi connectivity index (χ3n) is 2.38. The minimum atomic E-state index is -0.188. The van der Waals surface area contributed by atoms with Crippen molar-refractivity contribution in [3.63, 3.8) is 0 Å². The van der Waals surface area contributed by atoms with Crippen LogP contribution in [0.15, 0.2) is 12.1 Å². The molecule has 0 aliphatic heterocycles. The highest BCUT2D eigenvalue weighted by molar-refractivity contribution is 9.09. The number of ketones is 1. The van der Waals surface area contributed by atoms with E-state index in [1.54, 1.807) is 18.3 Å². The zero-order valence-corrected chi connectivity index (χ0v) is 14.2. The summed E-state index contributed by atoms with van der Waals surface area (Å²) in [4.78, 5) is 11.7. The molecule has 7 heteroatoms. The molecule has 0 heterocycles. The summed E-state index contributed by atoms with van der Waals surface area (Å²) in [5.41, 5.74) is 0.838. The number of unbranched alkanes of at least 4 members (excludes halogenated alkanes) is 1. The van der Waals surface area contributed by atoms with Crippen LogP contribution in [0, 0.1) is 0 Å². The number of nitrogens with zero attached hydrogens (tertiary/aromatic N) is 1. The molecule has 1 rings (SSSR count). The van der Waals surface area contributed by atoms with E-state index < -0.39 is 0 Å². The highest BCUT2D eigenvalue weighted by Crippen LogP contribution is 2.33. The number of halogens is 3. The van der Waals surface area contributed by atoms with Crippen molar-refractivity contribution >= 4 is 69.7 Å². The highest BCUT2D eigenvalue weighted by Gasteiger charge is 2.24. The van der Waals surface area contributed by atoms with Crippen LogP contribution in [-0.4, -0.2) is 22.1 Å². The van der Waals surface area contributed by atoms with Crippen molar-refractivity contribution in [2.24, 2.45) is 0 Å². The first-order valence-electron chi connectivity index (χ1n) is 5.52. The van der Waals surface area contributed by atoms with Crippen LogP contribution >= 0.6 is 52.0 Å². The van der Waals surface area contributed by atoms with Crippen LogP contribution in [0.4, 0.5) is 5.69 Å². The maximum atomic E-state index is 11.7. The van der Waals surface area contributed by atoms with E-state index in [4.69, 9.17) is 27.5 Å². The first-order chi connectivity index (χ1) is 9.02. The van der Waals surface area contributed by atoms with E-state index in [-0.39, 0.29) is 10.8 Å². The van der Waals surface area contributed by atoms with Gasteiger partial charge >= 0.3 is 0 Å². The van der Waals surface area contributed by atoms with Gasteiger partial charge in [0, 0.05) is 22.6 Å². The molecule has 104 valence electrons. The lowest BCUT2D eigenvalue weighted by atomic mass is 10.1. The third-order valence-corrected chi connectivity index (χ3v) is 3.92. The second kappa shape index (κ2) is 8.15. The van der Waals surface area contributed by atoms with Gasteiger partial charge in [-0.05, 0) is 19.4 Å². The predicted molar refractivity (Wildman–Crippen MR) is 85.5 cm³/mol. The van der Waals surface area contributed by atoms with Gasteiger partial charge in [-0.1, -0.05) is 39.1 Å². The van der Waals surface area contributed by atoms with Gasteiger partial charge in [-0.2, -0.15) is 4.28 Å². The molecule has 0 aromatic heterocycles. The number of alkyl halides is 1. The first kappa shape index (κ1) is 16.8. The van der Waals surface area contributed by atoms with Gasteiger partial charge in [-0.3, -0.25) is 4.79 Å². The van der Waals surface area contributed by atoms with E-state index in [9.17, 15) is 4.79 Å². The molecule has 19 heavy (non-hydrogen) atoms. The van der Waals surface area contributed by atoms with Gasteiger partial charge in [0.1, 0.15) is 18.5 Å². The third kappa shape index (κ3) is 4.38. The number of thiol groups is 1. The molecule has 0 bridgehead atoms. The molecular formula is C12H13BrCl2NO2S+. The largest absolute Gasteiger partial charge is 0.294 e. The Morgan fingerprint density at radius 3 is 2.74 bits per heavy atom. The number of carbonyl (C=O) groups excluding carboxylic acids is 1. The van der Waals surface area contributed by atoms with Crippen molar-refractivity contribution < 1.29 is 13.8 Å². The Kier molecular flexibility index (Phi) is 7.21. The Morgan fingerprint density at radius 1 is 1.53 bits per heavy atom. The number of carbonyl (C=O) groups is 1. The first-order valence-corrected chi connectivity index (χ1v) is 7.76. The minimum Gasteiger partial charge on any atom is -0.294 e. The van der Waals surface area contributed by atoms with Crippen molar-refractivity contribution in [2.45, 2.75) is 19.8 Å². The maximum absolute atomic E-state index is 11.7. The number of rotatable bonds is 6. The van der Waals surface area contributed by atoms with E-state index in [0.717, 1.165) is 18.2 Å². The van der Waals surface area contributed by atoms with Crippen LogP contribution < -0.4 is 0 Å². The topological polar surface area (TPSA) is 29.3 Å². The number of hydrogen-bond donors (Lipinski definition) is 1. The number of benzene rings is 1. The molecule has 0 saturated heterocycles. The fourth-order valence-corrected chi connectivity index (χ4v) is 2.45. The van der Waals surface area contributed by atoms with Crippen molar-refractivity contribution in [3.05, 3.63) is 27.7 Å². The predicted octanol–water partition coefficient (Wildman–Crippen LogP) is 4.86. The summed E-state index contributed by atoms with van der Waals surface area (Å²) < 4.78 is 6.38. The Hall–Kier alpha value is -0.230. The van der Waals surface area contributed by atoms with Gasteiger partial charge < -0.3 is 0 Å². The van der Waals surface area contributed by atoms with Crippen LogP contribution in [-0.2, 0) is 4.28 Å². The molecule has 0 N–H and O–H groups in total. The van der Waals surface area contributed by atoms with E-state index in [1.165, 1.54) is 11.7 Å². The molecule has 0 fully saturated rings. The second-order valence-corrected chi connectivity index (χ2v) is 5.47. The molecular weight excluding hydrogens is 373 g/mol. The van der Waals surface area contributed by atoms with Gasteiger partial charge in [0.05, 0.1) is 10.0 Å². The summed E-state index contributed by atoms with van der Waals surface area (Å²) in [6, 6.07) is 3.29. The minimum absolute atomic E-state index is 0.188. The Labute approximate surface area is 136 Å². The molecule has 1 aromatic rings. The molecule has 0 aliphatic rings. The van der Waals surface area contributed by atoms with Crippen molar-refractivity contribution in [2.75, 3.05) is 5.33 Å². The summed E-state index contributed by atoms with van der Waals surface area (Å²) in [6.45, 7) is 1.43. The van der Waals surface area contributed by atoms with Crippen LogP contribution in [0.1, 0.15) is 30.1 Å². The van der Waals surface area contributed by atoms with Crippen LogP contribution in [0.25, 0.3) is 0 Å². The molecule has 0 unspecified atom stereocenters. The number of hydrogen-bond acceptors (Lipinski definition) is 3. The number of Topliss-reactive ketones (excluding diaryl/α,β-unsaturated/α-hetero) is 1. The second-order valence-electron chi connectivity index (χ2n) is 3.73. The smallest absolute Gasteiger partial charge is 0.270 e. The highest BCUT2D eigenvalue weighted by atomic mass is 79.9. The SMILES string of the molecule is CC(=O)c1c([N+](=CCCCBr)OS)ccc(Cl)c1Cl. The standard InChI is InChI=1S/C12H12BrCl2NO2S/c1-8(17)11-10(5-4-9(14)12(11)15)16(18-19)7-3-2-6-13/h4-5,7H,2-3,6H2,1H3/p+1. The lowest BCUT2D eigenvalue weighted by molar-refractivity contribution is -0.672. The molecule has 3 nitrogen and oxygen atoms in total. The summed E-state index contributed by atoms with van der Waals surface area (Å²) in [5.74, 6) is -0.188. The van der Waals surface area contributed by atoms with Crippen molar-refractivity contribution in [3.8, 4) is 0 Å². The van der Waals surface area contributed by atoms with E-state index in [2.05, 4.69) is 28.8 Å². The molecule has 0 amide bonds. The lowest BCUT2D eigenvalue weighted by Gasteiger charge is -2.05.